The summed E-state index contributed by atoms with van der Waals surface area (Å²) in [6.45, 7) is 3.43. The second-order valence-corrected chi connectivity index (χ2v) is 5.09. The first-order chi connectivity index (χ1) is 9.13. The van der Waals surface area contributed by atoms with Crippen LogP contribution in [0.2, 0.25) is 0 Å². The van der Waals surface area contributed by atoms with E-state index in [-0.39, 0.29) is 5.91 Å². The molecule has 1 atom stereocenters. The lowest BCUT2D eigenvalue weighted by atomic mass is 10.1. The van der Waals surface area contributed by atoms with Crippen molar-refractivity contribution < 1.29 is 9.53 Å². The molecule has 0 aromatic rings. The van der Waals surface area contributed by atoms with Crippen molar-refractivity contribution in [2.45, 2.75) is 12.8 Å². The van der Waals surface area contributed by atoms with Crippen molar-refractivity contribution in [3.63, 3.8) is 0 Å². The summed E-state index contributed by atoms with van der Waals surface area (Å²) in [5.74, 6) is 0.397. The maximum absolute atomic E-state index is 12.1. The Morgan fingerprint density at radius 1 is 1.53 bits per heavy atom. The highest BCUT2D eigenvalue weighted by molar-refractivity contribution is 5.87. The molecule has 1 amide bonds. The molecule has 0 bridgehead atoms. The smallest absolute Gasteiger partial charge is 0.246 e. The van der Waals surface area contributed by atoms with Gasteiger partial charge in [-0.3, -0.25) is 4.79 Å². The van der Waals surface area contributed by atoms with Gasteiger partial charge in [-0.15, -0.1) is 0 Å². The van der Waals surface area contributed by atoms with Gasteiger partial charge < -0.3 is 14.5 Å². The van der Waals surface area contributed by atoms with Crippen molar-refractivity contribution in [1.82, 2.24) is 9.80 Å². The van der Waals surface area contributed by atoms with E-state index in [9.17, 15) is 4.79 Å². The topological polar surface area (TPSA) is 56.6 Å². The number of carbonyl (C=O) groups excluding carboxylic acids is 1. The zero-order valence-corrected chi connectivity index (χ0v) is 11.8. The standard InChI is InChI=1S/C14H23N3O2/c1-16(2)8-3-5-14(18)17(9-4-7-15)11-13-6-10-19-12-13/h3,5,13H,4,6,8-12H2,1-2H3/b5-3+. The molecule has 1 unspecified atom stereocenters. The number of likely N-dealkylation sites (N-methyl/N-ethyl adjacent to an activating group) is 1. The summed E-state index contributed by atoms with van der Waals surface area (Å²) in [5.41, 5.74) is 0. The van der Waals surface area contributed by atoms with Gasteiger partial charge in [0.25, 0.3) is 0 Å². The molecule has 1 heterocycles. The average molecular weight is 265 g/mol. The summed E-state index contributed by atoms with van der Waals surface area (Å²) in [5, 5.41) is 8.67. The van der Waals surface area contributed by atoms with E-state index in [4.69, 9.17) is 10.00 Å². The third-order valence-corrected chi connectivity index (χ3v) is 3.04. The Balaban J connectivity index is 2.48. The number of hydrogen-bond donors (Lipinski definition) is 0. The van der Waals surface area contributed by atoms with Gasteiger partial charge in [0.1, 0.15) is 0 Å². The summed E-state index contributed by atoms with van der Waals surface area (Å²) < 4.78 is 5.33. The zero-order valence-electron chi connectivity index (χ0n) is 11.8. The Kier molecular flexibility index (Phi) is 7.16. The van der Waals surface area contributed by atoms with Crippen molar-refractivity contribution in [2.75, 3.05) is 46.9 Å². The second kappa shape index (κ2) is 8.68. The van der Waals surface area contributed by atoms with Gasteiger partial charge >= 0.3 is 0 Å². The molecule has 106 valence electrons. The molecule has 0 aromatic heterocycles. The molecule has 19 heavy (non-hydrogen) atoms. The zero-order chi connectivity index (χ0) is 14.1. The SMILES string of the molecule is CN(C)C/C=C/C(=O)N(CCC#N)CC1CCOC1. The first kappa shape index (κ1) is 15.7. The van der Waals surface area contributed by atoms with Crippen LogP contribution in [-0.2, 0) is 9.53 Å². The largest absolute Gasteiger partial charge is 0.381 e. The highest BCUT2D eigenvalue weighted by atomic mass is 16.5. The molecular weight excluding hydrogens is 242 g/mol. The second-order valence-electron chi connectivity index (χ2n) is 5.09. The lowest BCUT2D eigenvalue weighted by Gasteiger charge is -2.23. The molecular formula is C14H23N3O2. The predicted molar refractivity (Wildman–Crippen MR) is 73.4 cm³/mol. The fourth-order valence-corrected chi connectivity index (χ4v) is 1.99. The van der Waals surface area contributed by atoms with Gasteiger partial charge in [0.2, 0.25) is 5.91 Å². The van der Waals surface area contributed by atoms with Gasteiger partial charge in [0, 0.05) is 38.2 Å². The van der Waals surface area contributed by atoms with Gasteiger partial charge in [-0.2, -0.15) is 5.26 Å². The molecule has 0 N–H and O–H groups in total. The van der Waals surface area contributed by atoms with Gasteiger partial charge in [0.15, 0.2) is 0 Å². The van der Waals surface area contributed by atoms with Crippen molar-refractivity contribution in [3.8, 4) is 6.07 Å². The molecule has 1 saturated heterocycles. The highest BCUT2D eigenvalue weighted by Gasteiger charge is 2.21. The van der Waals surface area contributed by atoms with Crippen LogP contribution in [0.5, 0.6) is 0 Å². The minimum Gasteiger partial charge on any atom is -0.381 e. The molecule has 1 aliphatic rings. The maximum Gasteiger partial charge on any atom is 0.246 e. The molecule has 0 spiro atoms. The van der Waals surface area contributed by atoms with Crippen LogP contribution in [0.3, 0.4) is 0 Å². The van der Waals surface area contributed by atoms with Gasteiger partial charge in [-0.1, -0.05) is 6.08 Å². The summed E-state index contributed by atoms with van der Waals surface area (Å²) >= 11 is 0. The van der Waals surface area contributed by atoms with Crippen LogP contribution in [0.1, 0.15) is 12.8 Å². The van der Waals surface area contributed by atoms with Crippen LogP contribution < -0.4 is 0 Å². The van der Waals surface area contributed by atoms with E-state index in [1.807, 2.05) is 25.1 Å². The maximum atomic E-state index is 12.1. The number of rotatable bonds is 7. The summed E-state index contributed by atoms with van der Waals surface area (Å²) in [6, 6.07) is 2.09. The van der Waals surface area contributed by atoms with Crippen LogP contribution in [0.25, 0.3) is 0 Å². The van der Waals surface area contributed by atoms with E-state index >= 15 is 0 Å². The van der Waals surface area contributed by atoms with E-state index in [1.54, 1.807) is 11.0 Å². The Morgan fingerprint density at radius 3 is 2.89 bits per heavy atom. The lowest BCUT2D eigenvalue weighted by Crippen LogP contribution is -2.35. The summed E-state index contributed by atoms with van der Waals surface area (Å²) in [6.07, 6.45) is 4.83. The molecule has 1 aliphatic heterocycles. The summed E-state index contributed by atoms with van der Waals surface area (Å²) in [4.78, 5) is 15.8. The Hall–Kier alpha value is -1.38. The van der Waals surface area contributed by atoms with Crippen LogP contribution in [0, 0.1) is 17.2 Å². The normalized spacial score (nSPS) is 18.9. The third-order valence-electron chi connectivity index (χ3n) is 3.04. The number of ether oxygens (including phenoxy) is 1. The Bertz CT molecular complexity index is 341. The van der Waals surface area contributed by atoms with Crippen LogP contribution in [-0.4, -0.2) is 62.7 Å². The van der Waals surface area contributed by atoms with Crippen LogP contribution in [0.4, 0.5) is 0 Å². The van der Waals surface area contributed by atoms with E-state index in [0.717, 1.165) is 26.2 Å². The highest BCUT2D eigenvalue weighted by Crippen LogP contribution is 2.14. The lowest BCUT2D eigenvalue weighted by molar-refractivity contribution is -0.126. The first-order valence-corrected chi connectivity index (χ1v) is 6.68. The molecule has 1 rings (SSSR count). The van der Waals surface area contributed by atoms with E-state index in [0.29, 0.717) is 25.4 Å². The molecule has 0 saturated carbocycles. The van der Waals surface area contributed by atoms with Gasteiger partial charge in [0.05, 0.1) is 19.1 Å². The predicted octanol–water partition coefficient (Wildman–Crippen LogP) is 0.883. The number of amides is 1. The molecule has 0 aliphatic carbocycles. The summed E-state index contributed by atoms with van der Waals surface area (Å²) in [7, 11) is 3.91. The average Bonchev–Trinajstić information content (AvgIpc) is 2.86. The quantitative estimate of drug-likeness (QED) is 0.641. The Labute approximate surface area is 115 Å². The number of hydrogen-bond acceptors (Lipinski definition) is 4. The molecule has 0 aromatic carbocycles. The van der Waals surface area contributed by atoms with Crippen molar-refractivity contribution in [3.05, 3.63) is 12.2 Å². The monoisotopic (exact) mass is 265 g/mol. The molecule has 0 radical (unpaired) electrons. The van der Waals surface area contributed by atoms with Gasteiger partial charge in [-0.25, -0.2) is 0 Å². The minimum atomic E-state index is -0.0102. The van der Waals surface area contributed by atoms with E-state index in [1.165, 1.54) is 0 Å². The van der Waals surface area contributed by atoms with E-state index in [2.05, 4.69) is 6.07 Å². The molecule has 5 nitrogen and oxygen atoms in total. The molecule has 1 fully saturated rings. The van der Waals surface area contributed by atoms with Gasteiger partial charge in [-0.05, 0) is 20.5 Å². The number of nitrogens with zero attached hydrogens (tertiary/aromatic N) is 3. The van der Waals surface area contributed by atoms with Crippen molar-refractivity contribution in [1.29, 1.82) is 5.26 Å². The van der Waals surface area contributed by atoms with E-state index < -0.39 is 0 Å². The number of nitriles is 1. The van der Waals surface area contributed by atoms with Crippen molar-refractivity contribution >= 4 is 5.91 Å². The Morgan fingerprint density at radius 2 is 2.32 bits per heavy atom. The fourth-order valence-electron chi connectivity index (χ4n) is 1.99. The number of carbonyl (C=O) groups is 1. The first-order valence-electron chi connectivity index (χ1n) is 6.68. The minimum absolute atomic E-state index is 0.0102. The fraction of sp³-hybridized carbons (Fsp3) is 0.714. The molecule has 5 heteroatoms. The van der Waals surface area contributed by atoms with Crippen molar-refractivity contribution in [2.24, 2.45) is 5.92 Å². The van der Waals surface area contributed by atoms with Crippen LogP contribution >= 0.6 is 0 Å². The third kappa shape index (κ3) is 6.37. The van der Waals surface area contributed by atoms with Crippen LogP contribution in [0.15, 0.2) is 12.2 Å².